The van der Waals surface area contributed by atoms with Crippen LogP contribution in [-0.4, -0.2) is 37.8 Å². The summed E-state index contributed by atoms with van der Waals surface area (Å²) < 4.78 is 33.1. The van der Waals surface area contributed by atoms with Crippen molar-refractivity contribution in [1.29, 1.82) is 0 Å². The summed E-state index contributed by atoms with van der Waals surface area (Å²) >= 11 is 0. The third-order valence-electron chi connectivity index (χ3n) is 5.73. The highest BCUT2D eigenvalue weighted by molar-refractivity contribution is 7.89. The predicted octanol–water partition coefficient (Wildman–Crippen LogP) is 4.95. The van der Waals surface area contributed by atoms with Crippen LogP contribution in [0.3, 0.4) is 0 Å². The fraction of sp³-hybridized carbons (Fsp3) is 0.480. The fourth-order valence-corrected chi connectivity index (χ4v) is 5.19. The first-order valence-corrected chi connectivity index (χ1v) is 12.7. The molecule has 0 saturated carbocycles. The normalized spacial score (nSPS) is 16.8. The molecule has 0 spiro atoms. The second-order valence-electron chi connectivity index (χ2n) is 9.37. The lowest BCUT2D eigenvalue weighted by Crippen LogP contribution is -2.32. The third-order valence-corrected chi connectivity index (χ3v) is 7.64. The minimum atomic E-state index is -3.51. The summed E-state index contributed by atoms with van der Waals surface area (Å²) in [6.45, 7) is 9.24. The number of hydrogen-bond acceptors (Lipinski definition) is 4. The Morgan fingerprint density at radius 2 is 1.50 bits per heavy atom. The van der Waals surface area contributed by atoms with E-state index < -0.39 is 16.1 Å². The van der Waals surface area contributed by atoms with E-state index in [2.05, 4.69) is 26.1 Å². The van der Waals surface area contributed by atoms with Gasteiger partial charge < -0.3 is 10.1 Å². The summed E-state index contributed by atoms with van der Waals surface area (Å²) in [5.74, 6) is 0.326. The van der Waals surface area contributed by atoms with Crippen LogP contribution < -0.4 is 10.1 Å². The number of carbonyl (C=O) groups is 1. The Kier molecular flexibility index (Phi) is 7.62. The Bertz CT molecular complexity index is 1000. The van der Waals surface area contributed by atoms with Gasteiger partial charge >= 0.3 is 0 Å². The van der Waals surface area contributed by atoms with Crippen LogP contribution in [0, 0.1) is 0 Å². The highest BCUT2D eigenvalue weighted by atomic mass is 32.2. The number of nitrogens with one attached hydrogen (secondary N) is 1. The van der Waals surface area contributed by atoms with Crippen LogP contribution in [0.5, 0.6) is 5.75 Å². The number of anilines is 1. The van der Waals surface area contributed by atoms with E-state index in [1.807, 2.05) is 24.3 Å². The van der Waals surface area contributed by atoms with Crippen molar-refractivity contribution in [3.05, 3.63) is 54.1 Å². The van der Waals surface area contributed by atoms with Gasteiger partial charge in [-0.25, -0.2) is 8.42 Å². The van der Waals surface area contributed by atoms with Crippen LogP contribution in [0.4, 0.5) is 5.69 Å². The molecule has 1 amide bonds. The molecule has 1 N–H and O–H groups in total. The number of nitrogens with zero attached hydrogens (tertiary/aromatic N) is 1. The summed E-state index contributed by atoms with van der Waals surface area (Å²) in [5.41, 5.74) is 1.77. The maximum Gasteiger partial charge on any atom is 0.265 e. The zero-order chi connectivity index (χ0) is 23.4. The number of amides is 1. The van der Waals surface area contributed by atoms with Gasteiger partial charge in [0.2, 0.25) is 10.0 Å². The molecule has 32 heavy (non-hydrogen) atoms. The maximum atomic E-state index is 12.9. The number of benzene rings is 2. The van der Waals surface area contributed by atoms with Crippen molar-refractivity contribution >= 4 is 21.6 Å². The van der Waals surface area contributed by atoms with Crippen molar-refractivity contribution < 1.29 is 17.9 Å². The first-order chi connectivity index (χ1) is 15.1. The first-order valence-electron chi connectivity index (χ1n) is 11.3. The van der Waals surface area contributed by atoms with Gasteiger partial charge in [0.15, 0.2) is 6.10 Å². The van der Waals surface area contributed by atoms with Gasteiger partial charge in [0.25, 0.3) is 5.91 Å². The van der Waals surface area contributed by atoms with Crippen molar-refractivity contribution in [2.75, 3.05) is 18.4 Å². The standard InChI is InChI=1S/C25H34N2O4S/c1-19(31-22-13-9-20(10-14-22)25(2,3)4)24(28)26-21-11-15-23(16-12-21)32(29,30)27-17-7-5-6-8-18-27/h9-16,19H,5-8,17-18H2,1-4H3,(H,26,28). The molecule has 174 valence electrons. The molecule has 2 aromatic carbocycles. The van der Waals surface area contributed by atoms with Gasteiger partial charge in [0.05, 0.1) is 4.90 Å². The summed E-state index contributed by atoms with van der Waals surface area (Å²) in [6, 6.07) is 14.1. The van der Waals surface area contributed by atoms with E-state index in [4.69, 9.17) is 4.74 Å². The Hall–Kier alpha value is -2.38. The van der Waals surface area contributed by atoms with E-state index >= 15 is 0 Å². The van der Waals surface area contributed by atoms with Crippen LogP contribution in [-0.2, 0) is 20.2 Å². The fourth-order valence-electron chi connectivity index (χ4n) is 3.68. The van der Waals surface area contributed by atoms with E-state index in [0.717, 1.165) is 25.7 Å². The molecule has 1 aliphatic heterocycles. The molecule has 0 aliphatic carbocycles. The largest absolute Gasteiger partial charge is 0.481 e. The van der Waals surface area contributed by atoms with Crippen molar-refractivity contribution in [1.82, 2.24) is 4.31 Å². The highest BCUT2D eigenvalue weighted by Crippen LogP contribution is 2.25. The maximum absolute atomic E-state index is 12.9. The second-order valence-corrected chi connectivity index (χ2v) is 11.3. The molecular formula is C25H34N2O4S. The monoisotopic (exact) mass is 458 g/mol. The van der Waals surface area contributed by atoms with Gasteiger partial charge in [0.1, 0.15) is 5.75 Å². The van der Waals surface area contributed by atoms with E-state index in [-0.39, 0.29) is 16.2 Å². The predicted molar refractivity (Wildman–Crippen MR) is 128 cm³/mol. The van der Waals surface area contributed by atoms with E-state index in [1.165, 1.54) is 5.56 Å². The van der Waals surface area contributed by atoms with Crippen molar-refractivity contribution in [2.45, 2.75) is 69.8 Å². The van der Waals surface area contributed by atoms with Gasteiger partial charge in [-0.15, -0.1) is 0 Å². The summed E-state index contributed by atoms with van der Waals surface area (Å²) in [5, 5.41) is 2.79. The lowest BCUT2D eigenvalue weighted by molar-refractivity contribution is -0.122. The molecule has 0 aromatic heterocycles. The minimum absolute atomic E-state index is 0.0500. The molecule has 1 atom stereocenters. The Labute approximate surface area is 192 Å². The van der Waals surface area contributed by atoms with Gasteiger partial charge in [-0.2, -0.15) is 4.31 Å². The Balaban J connectivity index is 1.60. The van der Waals surface area contributed by atoms with Crippen LogP contribution >= 0.6 is 0 Å². The molecule has 2 aromatic rings. The molecule has 3 rings (SSSR count). The minimum Gasteiger partial charge on any atom is -0.481 e. The smallest absolute Gasteiger partial charge is 0.265 e. The average molecular weight is 459 g/mol. The van der Waals surface area contributed by atoms with E-state index in [0.29, 0.717) is 24.5 Å². The number of rotatable bonds is 6. The van der Waals surface area contributed by atoms with Gasteiger partial charge in [0, 0.05) is 18.8 Å². The van der Waals surface area contributed by atoms with Crippen molar-refractivity contribution in [3.63, 3.8) is 0 Å². The van der Waals surface area contributed by atoms with Crippen LogP contribution in [0.1, 0.15) is 58.9 Å². The van der Waals surface area contributed by atoms with Crippen molar-refractivity contribution in [3.8, 4) is 5.75 Å². The molecule has 6 nitrogen and oxygen atoms in total. The molecule has 0 bridgehead atoms. The zero-order valence-corrected chi connectivity index (χ0v) is 20.2. The number of hydrogen-bond donors (Lipinski definition) is 1. The first kappa shape index (κ1) is 24.3. The number of ether oxygens (including phenoxy) is 1. The van der Waals surface area contributed by atoms with Crippen LogP contribution in [0.15, 0.2) is 53.4 Å². The number of carbonyl (C=O) groups excluding carboxylic acids is 1. The lowest BCUT2D eigenvalue weighted by Gasteiger charge is -2.20. The van der Waals surface area contributed by atoms with Gasteiger partial charge in [-0.05, 0) is 67.1 Å². The lowest BCUT2D eigenvalue weighted by atomic mass is 9.87. The zero-order valence-electron chi connectivity index (χ0n) is 19.4. The SMILES string of the molecule is CC(Oc1ccc(C(C)(C)C)cc1)C(=O)Nc1ccc(S(=O)(=O)N2CCCCCC2)cc1. The molecule has 0 radical (unpaired) electrons. The van der Waals surface area contributed by atoms with Crippen LogP contribution in [0.2, 0.25) is 0 Å². The summed E-state index contributed by atoms with van der Waals surface area (Å²) in [6.07, 6.45) is 3.22. The summed E-state index contributed by atoms with van der Waals surface area (Å²) in [4.78, 5) is 12.8. The molecule has 1 aliphatic rings. The Morgan fingerprint density at radius 1 is 0.938 bits per heavy atom. The summed E-state index contributed by atoms with van der Waals surface area (Å²) in [7, 11) is -3.51. The van der Waals surface area contributed by atoms with E-state index in [1.54, 1.807) is 35.5 Å². The third kappa shape index (κ3) is 6.11. The van der Waals surface area contributed by atoms with Crippen molar-refractivity contribution in [2.24, 2.45) is 0 Å². The molecular weight excluding hydrogens is 424 g/mol. The average Bonchev–Trinajstić information content (AvgIpc) is 3.04. The Morgan fingerprint density at radius 3 is 2.03 bits per heavy atom. The van der Waals surface area contributed by atoms with Gasteiger partial charge in [-0.1, -0.05) is 45.7 Å². The second kappa shape index (κ2) is 10.0. The number of sulfonamides is 1. The topological polar surface area (TPSA) is 75.7 Å². The molecule has 1 heterocycles. The molecule has 1 fully saturated rings. The highest BCUT2D eigenvalue weighted by Gasteiger charge is 2.25. The van der Waals surface area contributed by atoms with E-state index in [9.17, 15) is 13.2 Å². The molecule has 7 heteroatoms. The molecule has 1 saturated heterocycles. The van der Waals surface area contributed by atoms with Gasteiger partial charge in [-0.3, -0.25) is 4.79 Å². The van der Waals surface area contributed by atoms with Crippen LogP contribution in [0.25, 0.3) is 0 Å². The quantitative estimate of drug-likeness (QED) is 0.664. The molecule has 1 unspecified atom stereocenters.